The van der Waals surface area contributed by atoms with E-state index in [1.807, 2.05) is 132 Å². The van der Waals surface area contributed by atoms with E-state index >= 15 is 0 Å². The van der Waals surface area contributed by atoms with E-state index in [2.05, 4.69) is 86.9 Å². The Labute approximate surface area is 424 Å². The summed E-state index contributed by atoms with van der Waals surface area (Å²) < 4.78 is 65.4. The van der Waals surface area contributed by atoms with E-state index in [4.69, 9.17) is 17.9 Å². The Morgan fingerprint density at radius 2 is 1.23 bits per heavy atom. The fourth-order valence-corrected chi connectivity index (χ4v) is 10.3. The fraction of sp³-hybridized carbons (Fsp3) is 0.115. The van der Waals surface area contributed by atoms with Crippen LogP contribution in [0.4, 0.5) is 22.7 Å². The largest absolute Gasteiger partial charge is 0.509 e. The Hall–Kier alpha value is -7.60. The quantitative estimate of drug-likeness (QED) is 0.156. The molecule has 69 heavy (non-hydrogen) atoms. The van der Waals surface area contributed by atoms with Crippen molar-refractivity contribution in [2.45, 2.75) is 33.1 Å². The summed E-state index contributed by atoms with van der Waals surface area (Å²) in [5.74, 6) is 1.70. The van der Waals surface area contributed by atoms with Crippen molar-refractivity contribution in [3.8, 4) is 28.4 Å². The van der Waals surface area contributed by atoms with Gasteiger partial charge in [0.15, 0.2) is 0 Å². The van der Waals surface area contributed by atoms with Gasteiger partial charge in [-0.05, 0) is 76.9 Å². The molecule has 0 spiro atoms. The van der Waals surface area contributed by atoms with Crippen LogP contribution in [0.15, 0.2) is 170 Å². The van der Waals surface area contributed by atoms with Crippen LogP contribution in [0, 0.1) is 25.7 Å². The van der Waals surface area contributed by atoms with Gasteiger partial charge in [0.2, 0.25) is 0 Å². The number of para-hydroxylation sites is 4. The molecule has 1 aliphatic heterocycles. The first kappa shape index (κ1) is 36.4. The molecule has 1 aliphatic rings. The van der Waals surface area contributed by atoms with Crippen molar-refractivity contribution in [2.24, 2.45) is 14.0 Å². The van der Waals surface area contributed by atoms with Crippen LogP contribution < -0.4 is 14.5 Å². The Kier molecular flexibility index (Phi) is 8.45. The third kappa shape index (κ3) is 6.62. The zero-order valence-electron chi connectivity index (χ0n) is 44.2. The van der Waals surface area contributed by atoms with Crippen molar-refractivity contribution in [1.82, 2.24) is 18.7 Å². The second-order valence-electron chi connectivity index (χ2n) is 18.7. The minimum absolute atomic E-state index is 0. The Morgan fingerprint density at radius 3 is 1.91 bits per heavy atom. The van der Waals surface area contributed by atoms with Crippen LogP contribution in [-0.4, -0.2) is 18.7 Å². The van der Waals surface area contributed by atoms with Crippen LogP contribution in [0.25, 0.3) is 82.4 Å². The minimum atomic E-state index is -2.63. The molecule has 13 rings (SSSR count). The number of benzene rings is 8. The molecule has 0 N–H and O–H groups in total. The van der Waals surface area contributed by atoms with Gasteiger partial charge in [-0.25, -0.2) is 4.98 Å². The summed E-state index contributed by atoms with van der Waals surface area (Å²) in [5, 5.41) is 4.98. The van der Waals surface area contributed by atoms with E-state index < -0.39 is 14.0 Å². The van der Waals surface area contributed by atoms with E-state index in [0.29, 0.717) is 61.4 Å². The monoisotopic (exact) mass is 1080 g/mol. The summed E-state index contributed by atoms with van der Waals surface area (Å²) in [7, 11) is 0. The van der Waals surface area contributed by atoms with E-state index in [1.165, 1.54) is 14.7 Å². The number of rotatable bonds is 6. The number of ether oxygens (including phenoxy) is 1. The van der Waals surface area contributed by atoms with Crippen molar-refractivity contribution >= 4 is 88.2 Å². The molecule has 0 saturated carbocycles. The molecule has 12 aromatic rings. The standard InChI is InChI=1S/C61H47N6O.Pt/c1-38-31-57(62-36-50(38)39-17-8-7-9-18-39)67-53-30-27-40(61(2,3)4)32-47(53)46-29-28-43(34-56(46)67)68-42-20-16-19-41(33-42)65-37-66(55-26-15-14-25-54(55)65)60-58-48(44-21-10-12-23-51(44)63(58)5)35-49-45-22-11-13-24-52(45)64(6)59(49)60;/h7-32,35-37H,1-6H3;/q-3;/i5D3,6D3;. The van der Waals surface area contributed by atoms with Gasteiger partial charge in [0.05, 0.1) is 16.7 Å². The molecule has 4 aromatic heterocycles. The molecule has 0 bridgehead atoms. The van der Waals surface area contributed by atoms with Gasteiger partial charge in [-0.2, -0.15) is 12.1 Å². The number of nitrogens with zero attached hydrogens (tertiary/aromatic N) is 6. The van der Waals surface area contributed by atoms with E-state index in [0.717, 1.165) is 60.8 Å². The molecule has 0 aliphatic carbocycles. The molecule has 8 aromatic carbocycles. The molecule has 0 atom stereocenters. The van der Waals surface area contributed by atoms with Crippen molar-refractivity contribution in [3.63, 3.8) is 0 Å². The number of anilines is 4. The topological polar surface area (TPSA) is 43.4 Å². The molecule has 0 saturated heterocycles. The maximum atomic E-state index is 8.97. The third-order valence-electron chi connectivity index (χ3n) is 13.6. The number of hydrogen-bond acceptors (Lipinski definition) is 4. The van der Waals surface area contributed by atoms with E-state index in [-0.39, 0.29) is 26.5 Å². The summed E-state index contributed by atoms with van der Waals surface area (Å²) in [6.45, 7) is 5.40. The van der Waals surface area contributed by atoms with Crippen LogP contribution >= 0.6 is 0 Å². The second-order valence-corrected chi connectivity index (χ2v) is 18.7. The van der Waals surface area contributed by atoms with Crippen LogP contribution in [0.3, 0.4) is 0 Å². The van der Waals surface area contributed by atoms with Gasteiger partial charge in [0.25, 0.3) is 0 Å². The van der Waals surface area contributed by atoms with E-state index in [9.17, 15) is 0 Å². The Bertz CT molecular complexity index is 4160. The summed E-state index contributed by atoms with van der Waals surface area (Å²) in [6, 6.07) is 60.6. The SMILES string of the molecule is [2H]C([2H])([2H])n1c2ccccc2c2cc3c4ccccc4n(C([2H])([2H])[2H])c3c(N3[CH-]N(c4[c-]c(Oc5[c-]c6c(cc5)c5cc(C(C)(C)C)ccc5n6-c5cc(C)c(-c6ccccc6)cn5)ccc4)c4ccccc43)c21.[Pt]. The molecule has 0 amide bonds. The number of fused-ring (bicyclic) bond motifs is 10. The molecular weight excluding hydrogens is 1030 g/mol. The van der Waals surface area contributed by atoms with Gasteiger partial charge in [-0.3, -0.25) is 0 Å². The summed E-state index contributed by atoms with van der Waals surface area (Å²) >= 11 is 0. The zero-order valence-corrected chi connectivity index (χ0v) is 40.4. The Balaban J connectivity index is 0.00000569. The van der Waals surface area contributed by atoms with Gasteiger partial charge in [0, 0.05) is 116 Å². The molecule has 8 heteroatoms. The number of aromatic nitrogens is 4. The van der Waals surface area contributed by atoms with Crippen LogP contribution in [0.1, 0.15) is 40.1 Å². The van der Waals surface area contributed by atoms with Gasteiger partial charge in [-0.1, -0.05) is 117 Å². The third-order valence-corrected chi connectivity index (χ3v) is 13.6. The van der Waals surface area contributed by atoms with Crippen LogP contribution in [-0.2, 0) is 40.4 Å². The van der Waals surface area contributed by atoms with Crippen LogP contribution in [0.2, 0.25) is 0 Å². The van der Waals surface area contributed by atoms with Gasteiger partial charge >= 0.3 is 0 Å². The molecule has 340 valence electrons. The average Bonchev–Trinajstić information content (AvgIpc) is 4.18. The fourth-order valence-electron chi connectivity index (χ4n) is 10.3. The van der Waals surface area contributed by atoms with Crippen molar-refractivity contribution in [2.75, 3.05) is 9.80 Å². The van der Waals surface area contributed by atoms with E-state index in [1.54, 1.807) is 12.1 Å². The number of aryl methyl sites for hydroxylation is 3. The first-order valence-corrected chi connectivity index (χ1v) is 22.8. The molecule has 7 nitrogen and oxygen atoms in total. The Morgan fingerprint density at radius 1 is 0.580 bits per heavy atom. The summed E-state index contributed by atoms with van der Waals surface area (Å²) in [6.07, 6.45) is 1.94. The molecule has 0 unspecified atom stereocenters. The maximum absolute atomic E-state index is 8.97. The number of pyridine rings is 1. The molecule has 0 radical (unpaired) electrons. The smallest absolute Gasteiger partial charge is 0.135 e. The maximum Gasteiger partial charge on any atom is 0.135 e. The second kappa shape index (κ2) is 16.0. The zero-order chi connectivity index (χ0) is 51.0. The molecular formula is C61H47N6OPt-3. The van der Waals surface area contributed by atoms with Crippen LogP contribution in [0.5, 0.6) is 11.5 Å². The number of hydrogen-bond donors (Lipinski definition) is 0. The summed E-state index contributed by atoms with van der Waals surface area (Å²) in [4.78, 5) is 8.96. The van der Waals surface area contributed by atoms with Crippen molar-refractivity contribution in [3.05, 3.63) is 200 Å². The van der Waals surface area contributed by atoms with Crippen molar-refractivity contribution < 1.29 is 34.0 Å². The predicted octanol–water partition coefficient (Wildman–Crippen LogP) is 15.5. The van der Waals surface area contributed by atoms with Crippen molar-refractivity contribution in [1.29, 1.82) is 0 Å². The normalized spacial score (nSPS) is 14.5. The molecule has 0 fully saturated rings. The first-order valence-electron chi connectivity index (χ1n) is 25.8. The average molecular weight is 1080 g/mol. The predicted molar refractivity (Wildman–Crippen MR) is 281 cm³/mol. The molecule has 5 heterocycles. The van der Waals surface area contributed by atoms with Gasteiger partial charge in [0.1, 0.15) is 5.82 Å². The minimum Gasteiger partial charge on any atom is -0.509 e. The van der Waals surface area contributed by atoms with Gasteiger partial charge < -0.3 is 28.2 Å². The van der Waals surface area contributed by atoms with Gasteiger partial charge in [-0.15, -0.1) is 48.1 Å². The summed E-state index contributed by atoms with van der Waals surface area (Å²) in [5.41, 5.74) is 10.6. The first-order chi connectivity index (χ1) is 35.5.